The van der Waals surface area contributed by atoms with Crippen LogP contribution in [0, 0.1) is 19.8 Å². The summed E-state index contributed by atoms with van der Waals surface area (Å²) in [5, 5.41) is 16.1. The average molecular weight is 279 g/mol. The predicted molar refractivity (Wildman–Crippen MR) is 73.6 cm³/mol. The Morgan fingerprint density at radius 1 is 1.40 bits per heavy atom. The Labute approximate surface area is 118 Å². The first kappa shape index (κ1) is 14.6. The Balaban J connectivity index is 2.02. The van der Waals surface area contributed by atoms with Crippen LogP contribution in [0.1, 0.15) is 47.9 Å². The molecule has 1 fully saturated rings. The molecule has 1 saturated carbocycles. The number of rotatable bonds is 5. The summed E-state index contributed by atoms with van der Waals surface area (Å²) in [6, 6.07) is -0.0306. The summed E-state index contributed by atoms with van der Waals surface area (Å²) in [4.78, 5) is 23.0. The van der Waals surface area contributed by atoms with Crippen molar-refractivity contribution in [3.05, 3.63) is 17.0 Å². The molecular weight excluding hydrogens is 258 g/mol. The second-order valence-electron chi connectivity index (χ2n) is 5.45. The smallest absolute Gasteiger partial charge is 0.306 e. The van der Waals surface area contributed by atoms with Gasteiger partial charge in [0.25, 0.3) is 5.91 Å². The molecule has 1 aliphatic rings. The Hall–Kier alpha value is -1.85. The molecule has 1 aromatic heterocycles. The van der Waals surface area contributed by atoms with Crippen molar-refractivity contribution >= 4 is 11.9 Å². The highest BCUT2D eigenvalue weighted by Gasteiger charge is 2.36. The minimum atomic E-state index is -0.779. The molecule has 20 heavy (non-hydrogen) atoms. The molecule has 0 aromatic carbocycles. The van der Waals surface area contributed by atoms with Crippen LogP contribution in [0.2, 0.25) is 0 Å². The molecule has 1 aromatic rings. The lowest BCUT2D eigenvalue weighted by molar-refractivity contribution is -0.145. The fourth-order valence-corrected chi connectivity index (χ4v) is 2.65. The zero-order chi connectivity index (χ0) is 14.9. The first-order valence-electron chi connectivity index (χ1n) is 7.01. The van der Waals surface area contributed by atoms with Gasteiger partial charge in [0.15, 0.2) is 0 Å². The van der Waals surface area contributed by atoms with E-state index in [4.69, 9.17) is 5.11 Å². The van der Waals surface area contributed by atoms with Crippen molar-refractivity contribution in [2.45, 2.75) is 52.6 Å². The van der Waals surface area contributed by atoms with Crippen LogP contribution in [-0.4, -0.2) is 32.8 Å². The Kier molecular flexibility index (Phi) is 4.11. The number of carbonyl (C=O) groups is 2. The molecule has 0 unspecified atom stereocenters. The van der Waals surface area contributed by atoms with Gasteiger partial charge in [0.2, 0.25) is 0 Å². The number of carboxylic acids is 1. The highest BCUT2D eigenvalue weighted by Crippen LogP contribution is 2.28. The molecule has 110 valence electrons. The van der Waals surface area contributed by atoms with Gasteiger partial charge in [0.05, 0.1) is 17.2 Å². The molecule has 1 heterocycles. The van der Waals surface area contributed by atoms with E-state index < -0.39 is 5.97 Å². The highest BCUT2D eigenvalue weighted by molar-refractivity contribution is 5.96. The predicted octanol–water partition coefficient (Wildman–Crippen LogP) is 1.50. The molecule has 6 nitrogen and oxygen atoms in total. The van der Waals surface area contributed by atoms with Gasteiger partial charge < -0.3 is 10.4 Å². The lowest BCUT2D eigenvalue weighted by atomic mass is 9.80. The van der Waals surface area contributed by atoms with E-state index in [1.54, 1.807) is 0 Å². The van der Waals surface area contributed by atoms with Crippen LogP contribution in [0.3, 0.4) is 0 Å². The van der Waals surface area contributed by atoms with E-state index in [9.17, 15) is 9.59 Å². The van der Waals surface area contributed by atoms with E-state index >= 15 is 0 Å². The zero-order valence-corrected chi connectivity index (χ0v) is 12.1. The van der Waals surface area contributed by atoms with Crippen LogP contribution in [0.4, 0.5) is 0 Å². The standard InChI is InChI=1S/C14H21N3O3/c1-4-5-17-9(3)12(8(2)16-17)13(18)15-11-6-10(7-11)14(19)20/h10-11H,4-7H2,1-3H3,(H,15,18)(H,19,20). The second kappa shape index (κ2) is 5.64. The first-order valence-corrected chi connectivity index (χ1v) is 7.01. The third-order valence-electron chi connectivity index (χ3n) is 3.87. The Morgan fingerprint density at radius 2 is 2.05 bits per heavy atom. The Morgan fingerprint density at radius 3 is 2.60 bits per heavy atom. The molecule has 0 saturated heterocycles. The van der Waals surface area contributed by atoms with Gasteiger partial charge in [0.1, 0.15) is 0 Å². The van der Waals surface area contributed by atoms with E-state index in [2.05, 4.69) is 17.3 Å². The number of carbonyl (C=O) groups excluding carboxylic acids is 1. The minimum Gasteiger partial charge on any atom is -0.481 e. The first-order chi connectivity index (χ1) is 9.43. The summed E-state index contributed by atoms with van der Waals surface area (Å²) >= 11 is 0. The lowest BCUT2D eigenvalue weighted by Crippen LogP contribution is -2.46. The molecule has 0 bridgehead atoms. The number of amides is 1. The quantitative estimate of drug-likeness (QED) is 0.855. The Bertz CT molecular complexity index is 530. The molecule has 2 rings (SSSR count). The minimum absolute atomic E-state index is 0.0306. The van der Waals surface area contributed by atoms with Gasteiger partial charge in [-0.25, -0.2) is 0 Å². The zero-order valence-electron chi connectivity index (χ0n) is 12.1. The number of hydrogen-bond donors (Lipinski definition) is 2. The number of aliphatic carboxylic acids is 1. The fraction of sp³-hybridized carbons (Fsp3) is 0.643. The van der Waals surface area contributed by atoms with Gasteiger partial charge in [-0.2, -0.15) is 5.10 Å². The third kappa shape index (κ3) is 2.69. The maximum absolute atomic E-state index is 12.3. The summed E-state index contributed by atoms with van der Waals surface area (Å²) in [5.74, 6) is -1.24. The number of nitrogens with one attached hydrogen (secondary N) is 1. The molecule has 1 aliphatic carbocycles. The number of aryl methyl sites for hydroxylation is 2. The van der Waals surface area contributed by atoms with Gasteiger partial charge in [-0.1, -0.05) is 6.92 Å². The third-order valence-corrected chi connectivity index (χ3v) is 3.87. The van der Waals surface area contributed by atoms with Crippen molar-refractivity contribution in [1.82, 2.24) is 15.1 Å². The topological polar surface area (TPSA) is 84.2 Å². The number of nitrogens with zero attached hydrogens (tertiary/aromatic N) is 2. The van der Waals surface area contributed by atoms with Crippen LogP contribution >= 0.6 is 0 Å². The van der Waals surface area contributed by atoms with Crippen LogP contribution < -0.4 is 5.32 Å². The molecule has 0 radical (unpaired) electrons. The van der Waals surface area contributed by atoms with E-state index in [1.165, 1.54) is 0 Å². The summed E-state index contributed by atoms with van der Waals surface area (Å²) in [7, 11) is 0. The molecule has 0 spiro atoms. The fourth-order valence-electron chi connectivity index (χ4n) is 2.65. The SMILES string of the molecule is CCCn1nc(C)c(C(=O)NC2CC(C(=O)O)C2)c1C. The van der Waals surface area contributed by atoms with Gasteiger partial charge >= 0.3 is 5.97 Å². The van der Waals surface area contributed by atoms with Crippen molar-refractivity contribution in [2.24, 2.45) is 5.92 Å². The lowest BCUT2D eigenvalue weighted by Gasteiger charge is -2.32. The van der Waals surface area contributed by atoms with Crippen molar-refractivity contribution < 1.29 is 14.7 Å². The molecule has 0 aliphatic heterocycles. The van der Waals surface area contributed by atoms with Crippen molar-refractivity contribution in [3.8, 4) is 0 Å². The van der Waals surface area contributed by atoms with E-state index in [-0.39, 0.29) is 17.9 Å². The number of aromatic nitrogens is 2. The summed E-state index contributed by atoms with van der Waals surface area (Å²) in [5.41, 5.74) is 2.22. The average Bonchev–Trinajstić information content (AvgIpc) is 2.58. The van der Waals surface area contributed by atoms with Crippen LogP contribution in [0.15, 0.2) is 0 Å². The monoisotopic (exact) mass is 279 g/mol. The molecule has 0 atom stereocenters. The summed E-state index contributed by atoms with van der Waals surface area (Å²) in [6.45, 7) is 6.58. The van der Waals surface area contributed by atoms with E-state index in [0.717, 1.165) is 24.4 Å². The van der Waals surface area contributed by atoms with Gasteiger partial charge in [0, 0.05) is 18.3 Å². The second-order valence-corrected chi connectivity index (χ2v) is 5.45. The highest BCUT2D eigenvalue weighted by atomic mass is 16.4. The maximum atomic E-state index is 12.3. The van der Waals surface area contributed by atoms with Crippen molar-refractivity contribution in [1.29, 1.82) is 0 Å². The molecular formula is C14H21N3O3. The number of carboxylic acid groups (broad SMARTS) is 1. The molecule has 2 N–H and O–H groups in total. The van der Waals surface area contributed by atoms with Gasteiger partial charge in [-0.3, -0.25) is 14.3 Å². The molecule has 6 heteroatoms. The van der Waals surface area contributed by atoms with Crippen LogP contribution in [0.25, 0.3) is 0 Å². The summed E-state index contributed by atoms with van der Waals surface area (Å²) in [6.07, 6.45) is 2.00. The van der Waals surface area contributed by atoms with Gasteiger partial charge in [-0.15, -0.1) is 0 Å². The van der Waals surface area contributed by atoms with E-state index in [0.29, 0.717) is 18.4 Å². The van der Waals surface area contributed by atoms with Crippen molar-refractivity contribution in [3.63, 3.8) is 0 Å². The maximum Gasteiger partial charge on any atom is 0.306 e. The van der Waals surface area contributed by atoms with Crippen LogP contribution in [-0.2, 0) is 11.3 Å². The van der Waals surface area contributed by atoms with Gasteiger partial charge in [-0.05, 0) is 33.1 Å². The normalized spacial score (nSPS) is 21.4. The summed E-state index contributed by atoms with van der Waals surface area (Å²) < 4.78 is 1.85. The number of hydrogen-bond acceptors (Lipinski definition) is 3. The molecule has 1 amide bonds. The van der Waals surface area contributed by atoms with Crippen molar-refractivity contribution in [2.75, 3.05) is 0 Å². The van der Waals surface area contributed by atoms with E-state index in [1.807, 2.05) is 18.5 Å². The van der Waals surface area contributed by atoms with Crippen LogP contribution in [0.5, 0.6) is 0 Å². The largest absolute Gasteiger partial charge is 0.481 e.